The lowest BCUT2D eigenvalue weighted by molar-refractivity contribution is 0.474. The van der Waals surface area contributed by atoms with Crippen LogP contribution >= 0.6 is 23.2 Å². The van der Waals surface area contributed by atoms with Crippen molar-refractivity contribution in [3.8, 4) is 11.5 Å². The van der Waals surface area contributed by atoms with Gasteiger partial charge in [0.25, 0.3) is 0 Å². The van der Waals surface area contributed by atoms with E-state index < -0.39 is 0 Å². The Morgan fingerprint density at radius 3 is 2.53 bits per heavy atom. The van der Waals surface area contributed by atoms with Crippen LogP contribution in [0.3, 0.4) is 0 Å². The van der Waals surface area contributed by atoms with Gasteiger partial charge in [0.15, 0.2) is 0 Å². The predicted octanol–water partition coefficient (Wildman–Crippen LogP) is 4.26. The normalized spacial score (nSPS) is 10.6. The second kappa shape index (κ2) is 5.78. The summed E-state index contributed by atoms with van der Waals surface area (Å²) in [5.41, 5.74) is 8.38. The van der Waals surface area contributed by atoms with Gasteiger partial charge in [0, 0.05) is 35.6 Å². The molecule has 2 aromatic rings. The Kier molecular flexibility index (Phi) is 4.30. The molecule has 0 aliphatic rings. The maximum Gasteiger partial charge on any atom is 0.135 e. The standard InChI is InChI=1S/C14H14Cl2N2O/c1-8-5-14(11(7-17)9(2)18-8)19-10-3-4-12(15)13(16)6-10/h3-6H,7,17H2,1-2H3. The Hall–Kier alpha value is -1.29. The van der Waals surface area contributed by atoms with E-state index >= 15 is 0 Å². The van der Waals surface area contributed by atoms with Gasteiger partial charge >= 0.3 is 0 Å². The van der Waals surface area contributed by atoms with Crippen molar-refractivity contribution in [1.29, 1.82) is 0 Å². The highest BCUT2D eigenvalue weighted by molar-refractivity contribution is 6.42. The number of nitrogens with zero attached hydrogens (tertiary/aromatic N) is 1. The smallest absolute Gasteiger partial charge is 0.135 e. The summed E-state index contributed by atoms with van der Waals surface area (Å²) in [4.78, 5) is 4.37. The topological polar surface area (TPSA) is 48.1 Å². The summed E-state index contributed by atoms with van der Waals surface area (Å²) in [5.74, 6) is 1.32. The van der Waals surface area contributed by atoms with Crippen molar-refractivity contribution < 1.29 is 4.74 Å². The quantitative estimate of drug-likeness (QED) is 0.921. The van der Waals surface area contributed by atoms with Gasteiger partial charge in [-0.15, -0.1) is 0 Å². The SMILES string of the molecule is Cc1cc(Oc2ccc(Cl)c(Cl)c2)c(CN)c(C)n1. The molecule has 1 heterocycles. The first-order valence-corrected chi connectivity index (χ1v) is 6.57. The summed E-state index contributed by atoms with van der Waals surface area (Å²) in [7, 11) is 0. The van der Waals surface area contributed by atoms with Crippen molar-refractivity contribution in [2.75, 3.05) is 0 Å². The minimum Gasteiger partial charge on any atom is -0.457 e. The molecule has 1 aromatic heterocycles. The zero-order chi connectivity index (χ0) is 14.0. The van der Waals surface area contributed by atoms with Crippen LogP contribution in [-0.4, -0.2) is 4.98 Å². The van der Waals surface area contributed by atoms with Crippen LogP contribution in [0.2, 0.25) is 10.0 Å². The van der Waals surface area contributed by atoms with Gasteiger partial charge in [-0.2, -0.15) is 0 Å². The number of hydrogen-bond donors (Lipinski definition) is 1. The molecular weight excluding hydrogens is 283 g/mol. The summed E-state index contributed by atoms with van der Waals surface area (Å²) >= 11 is 11.8. The number of benzene rings is 1. The number of rotatable bonds is 3. The van der Waals surface area contributed by atoms with Crippen LogP contribution in [0.4, 0.5) is 0 Å². The summed E-state index contributed by atoms with van der Waals surface area (Å²) in [6.45, 7) is 4.20. The van der Waals surface area contributed by atoms with Crippen molar-refractivity contribution in [3.63, 3.8) is 0 Å². The molecule has 100 valence electrons. The Balaban J connectivity index is 2.39. The Labute approximate surface area is 122 Å². The molecule has 2 N–H and O–H groups in total. The molecule has 0 saturated heterocycles. The van der Waals surface area contributed by atoms with Gasteiger partial charge in [-0.25, -0.2) is 0 Å². The molecule has 0 saturated carbocycles. The third-order valence-corrected chi connectivity index (χ3v) is 3.48. The minimum atomic E-state index is 0.371. The zero-order valence-electron chi connectivity index (χ0n) is 10.7. The summed E-state index contributed by atoms with van der Waals surface area (Å²) in [6, 6.07) is 6.99. The second-order valence-corrected chi connectivity index (χ2v) is 5.02. The van der Waals surface area contributed by atoms with Gasteiger partial charge in [-0.1, -0.05) is 23.2 Å². The van der Waals surface area contributed by atoms with E-state index in [0.29, 0.717) is 28.1 Å². The molecule has 3 nitrogen and oxygen atoms in total. The molecule has 0 atom stereocenters. The number of aryl methyl sites for hydroxylation is 2. The molecule has 0 fully saturated rings. The average Bonchev–Trinajstić information content (AvgIpc) is 2.33. The Morgan fingerprint density at radius 2 is 1.89 bits per heavy atom. The molecular formula is C14H14Cl2N2O. The fourth-order valence-electron chi connectivity index (χ4n) is 1.83. The lowest BCUT2D eigenvalue weighted by Crippen LogP contribution is -2.04. The summed E-state index contributed by atoms with van der Waals surface area (Å²) in [6.07, 6.45) is 0. The van der Waals surface area contributed by atoms with Crippen molar-refractivity contribution in [3.05, 3.63) is 51.3 Å². The number of halogens is 2. The summed E-state index contributed by atoms with van der Waals surface area (Å²) < 4.78 is 5.83. The monoisotopic (exact) mass is 296 g/mol. The van der Waals surface area contributed by atoms with Crippen LogP contribution in [0.25, 0.3) is 0 Å². The van der Waals surface area contributed by atoms with Crippen molar-refractivity contribution >= 4 is 23.2 Å². The third kappa shape index (κ3) is 3.18. The Bertz CT molecular complexity index is 615. The maximum atomic E-state index is 5.97. The number of pyridine rings is 1. The molecule has 0 aliphatic carbocycles. The minimum absolute atomic E-state index is 0.371. The average molecular weight is 297 g/mol. The van der Waals surface area contributed by atoms with Crippen LogP contribution < -0.4 is 10.5 Å². The maximum absolute atomic E-state index is 5.97. The predicted molar refractivity (Wildman–Crippen MR) is 78.1 cm³/mol. The van der Waals surface area contributed by atoms with Crippen molar-refractivity contribution in [1.82, 2.24) is 4.98 Å². The number of hydrogen-bond acceptors (Lipinski definition) is 3. The van der Waals surface area contributed by atoms with E-state index in [4.69, 9.17) is 33.7 Å². The van der Waals surface area contributed by atoms with E-state index in [0.717, 1.165) is 17.0 Å². The fourth-order valence-corrected chi connectivity index (χ4v) is 2.11. The molecule has 5 heteroatoms. The highest BCUT2D eigenvalue weighted by Crippen LogP contribution is 2.31. The van der Waals surface area contributed by atoms with Gasteiger partial charge in [0.2, 0.25) is 0 Å². The molecule has 0 bridgehead atoms. The highest BCUT2D eigenvalue weighted by atomic mass is 35.5. The van der Waals surface area contributed by atoms with E-state index in [1.54, 1.807) is 18.2 Å². The fraction of sp³-hybridized carbons (Fsp3) is 0.214. The number of nitrogens with two attached hydrogens (primary N) is 1. The van der Waals surface area contributed by atoms with Crippen LogP contribution in [0.5, 0.6) is 11.5 Å². The number of aromatic nitrogens is 1. The molecule has 1 aromatic carbocycles. The van der Waals surface area contributed by atoms with Gasteiger partial charge in [0.1, 0.15) is 11.5 Å². The van der Waals surface area contributed by atoms with Gasteiger partial charge in [-0.05, 0) is 26.0 Å². The van der Waals surface area contributed by atoms with E-state index in [-0.39, 0.29) is 0 Å². The van der Waals surface area contributed by atoms with Gasteiger partial charge < -0.3 is 10.5 Å². The molecule has 0 aliphatic heterocycles. The van der Waals surface area contributed by atoms with Gasteiger partial charge in [-0.3, -0.25) is 4.98 Å². The molecule has 0 spiro atoms. The second-order valence-electron chi connectivity index (χ2n) is 4.21. The molecule has 19 heavy (non-hydrogen) atoms. The van der Waals surface area contributed by atoms with Crippen LogP contribution in [-0.2, 0) is 6.54 Å². The molecule has 0 radical (unpaired) electrons. The van der Waals surface area contributed by atoms with Crippen LogP contribution in [0, 0.1) is 13.8 Å². The van der Waals surface area contributed by atoms with E-state index in [9.17, 15) is 0 Å². The number of ether oxygens (including phenoxy) is 1. The van der Waals surface area contributed by atoms with E-state index in [1.807, 2.05) is 19.9 Å². The molecule has 2 rings (SSSR count). The first-order chi connectivity index (χ1) is 9.01. The van der Waals surface area contributed by atoms with Crippen LogP contribution in [0.1, 0.15) is 17.0 Å². The first-order valence-electron chi connectivity index (χ1n) is 5.81. The van der Waals surface area contributed by atoms with E-state index in [2.05, 4.69) is 4.98 Å². The van der Waals surface area contributed by atoms with Crippen molar-refractivity contribution in [2.45, 2.75) is 20.4 Å². The molecule has 0 amide bonds. The highest BCUT2D eigenvalue weighted by Gasteiger charge is 2.10. The first kappa shape index (κ1) is 14.1. The van der Waals surface area contributed by atoms with Crippen LogP contribution in [0.15, 0.2) is 24.3 Å². The third-order valence-electron chi connectivity index (χ3n) is 2.74. The van der Waals surface area contributed by atoms with Gasteiger partial charge in [0.05, 0.1) is 10.0 Å². The van der Waals surface area contributed by atoms with Crippen molar-refractivity contribution in [2.24, 2.45) is 5.73 Å². The lowest BCUT2D eigenvalue weighted by Gasteiger charge is -2.13. The summed E-state index contributed by atoms with van der Waals surface area (Å²) in [5, 5.41) is 0.950. The largest absolute Gasteiger partial charge is 0.457 e. The lowest BCUT2D eigenvalue weighted by atomic mass is 10.1. The Morgan fingerprint density at radius 1 is 1.16 bits per heavy atom. The zero-order valence-corrected chi connectivity index (χ0v) is 12.2. The van der Waals surface area contributed by atoms with E-state index in [1.165, 1.54) is 0 Å². The molecule has 0 unspecified atom stereocenters.